The van der Waals surface area contributed by atoms with E-state index in [1.54, 1.807) is 0 Å². The van der Waals surface area contributed by atoms with E-state index < -0.39 is 9.76 Å². The molecule has 0 aromatic rings. The number of unbranched alkanes of at least 4 members (excludes halogenated alkanes) is 3. The van der Waals surface area contributed by atoms with Crippen LogP contribution >= 0.6 is 0 Å². The van der Waals surface area contributed by atoms with E-state index in [0.29, 0.717) is 10.5 Å². The lowest BCUT2D eigenvalue weighted by molar-refractivity contribution is 0.241. The Kier molecular flexibility index (Phi) is 6.77. The predicted molar refractivity (Wildman–Crippen MR) is 72.1 cm³/mol. The molecule has 15 heavy (non-hydrogen) atoms. The molecule has 0 aliphatic carbocycles. The van der Waals surface area contributed by atoms with Crippen molar-refractivity contribution >= 4 is 9.76 Å². The molecule has 0 spiro atoms. The van der Waals surface area contributed by atoms with Gasteiger partial charge >= 0.3 is 0 Å². The van der Waals surface area contributed by atoms with Gasteiger partial charge in [-0.05, 0) is 16.9 Å². The van der Waals surface area contributed by atoms with Crippen LogP contribution in [0.3, 0.4) is 0 Å². The van der Waals surface area contributed by atoms with Crippen LogP contribution in [0.1, 0.15) is 67.2 Å². The minimum atomic E-state index is -0.399. The molecule has 0 bridgehead atoms. The summed E-state index contributed by atoms with van der Waals surface area (Å²) in [6, 6.07) is 0. The fourth-order valence-corrected chi connectivity index (χ4v) is 2.47. The summed E-state index contributed by atoms with van der Waals surface area (Å²) in [6.07, 6.45) is 5.25. The molecule has 0 aromatic carbocycles. The SMILES string of the molecule is CCCCCCO[SiH2]C(C)(C)C(C)(C)C. The summed E-state index contributed by atoms with van der Waals surface area (Å²) < 4.78 is 5.91. The standard InChI is InChI=1S/C13H30OSi/c1-7-8-9-10-11-14-15-13(5,6)12(2,3)4/h7-11,15H2,1-6H3. The van der Waals surface area contributed by atoms with E-state index in [2.05, 4.69) is 41.5 Å². The molecule has 0 atom stereocenters. The van der Waals surface area contributed by atoms with Gasteiger partial charge in [0.25, 0.3) is 0 Å². The zero-order valence-electron chi connectivity index (χ0n) is 11.7. The van der Waals surface area contributed by atoms with Crippen molar-refractivity contribution in [1.82, 2.24) is 0 Å². The summed E-state index contributed by atoms with van der Waals surface area (Å²) in [5.41, 5.74) is 0.378. The second-order valence-electron chi connectivity index (χ2n) is 6.25. The van der Waals surface area contributed by atoms with Crippen LogP contribution < -0.4 is 0 Å². The molecule has 0 N–H and O–H groups in total. The second-order valence-corrected chi connectivity index (χ2v) is 8.71. The minimum Gasteiger partial charge on any atom is -0.423 e. The van der Waals surface area contributed by atoms with Crippen molar-refractivity contribution < 1.29 is 4.43 Å². The third kappa shape index (κ3) is 6.36. The summed E-state index contributed by atoms with van der Waals surface area (Å²) in [5.74, 6) is 0. The largest absolute Gasteiger partial charge is 0.423 e. The monoisotopic (exact) mass is 230 g/mol. The van der Waals surface area contributed by atoms with E-state index in [0.717, 1.165) is 6.61 Å². The van der Waals surface area contributed by atoms with Crippen molar-refractivity contribution in [2.24, 2.45) is 5.41 Å². The fraction of sp³-hybridized carbons (Fsp3) is 1.00. The highest BCUT2D eigenvalue weighted by molar-refractivity contribution is 6.32. The van der Waals surface area contributed by atoms with E-state index in [1.165, 1.54) is 25.7 Å². The van der Waals surface area contributed by atoms with Crippen molar-refractivity contribution in [2.75, 3.05) is 6.61 Å². The van der Waals surface area contributed by atoms with Gasteiger partial charge in [-0.2, -0.15) is 0 Å². The van der Waals surface area contributed by atoms with Gasteiger partial charge in [0.2, 0.25) is 0 Å². The average Bonchev–Trinajstić information content (AvgIpc) is 2.09. The first-order valence-corrected chi connectivity index (χ1v) is 7.67. The van der Waals surface area contributed by atoms with E-state index >= 15 is 0 Å². The molecule has 0 aliphatic heterocycles. The Morgan fingerprint density at radius 3 is 2.00 bits per heavy atom. The van der Waals surface area contributed by atoms with Crippen molar-refractivity contribution in [3.8, 4) is 0 Å². The van der Waals surface area contributed by atoms with Gasteiger partial charge in [0.05, 0.1) is 0 Å². The zero-order valence-corrected chi connectivity index (χ0v) is 13.1. The molecular weight excluding hydrogens is 200 g/mol. The van der Waals surface area contributed by atoms with E-state index in [4.69, 9.17) is 4.43 Å². The van der Waals surface area contributed by atoms with E-state index in [9.17, 15) is 0 Å². The van der Waals surface area contributed by atoms with Crippen LogP contribution in [0.4, 0.5) is 0 Å². The molecule has 0 heterocycles. The third-order valence-electron chi connectivity index (χ3n) is 3.64. The molecule has 0 unspecified atom stereocenters. The Morgan fingerprint density at radius 2 is 1.53 bits per heavy atom. The topological polar surface area (TPSA) is 9.23 Å². The first-order chi connectivity index (χ1) is 6.81. The Bertz CT molecular complexity index is 158. The number of hydrogen-bond donors (Lipinski definition) is 0. The molecule has 0 saturated heterocycles. The van der Waals surface area contributed by atoms with Gasteiger partial charge in [0.15, 0.2) is 9.76 Å². The molecular formula is C13H30OSi. The lowest BCUT2D eigenvalue weighted by Gasteiger charge is -2.38. The summed E-state index contributed by atoms with van der Waals surface area (Å²) in [5, 5.41) is 0.401. The predicted octanol–water partition coefficient (Wildman–Crippen LogP) is 3.91. The second kappa shape index (κ2) is 6.69. The average molecular weight is 230 g/mol. The maximum absolute atomic E-state index is 5.91. The fourth-order valence-electron chi connectivity index (χ4n) is 1.17. The van der Waals surface area contributed by atoms with Gasteiger partial charge in [-0.3, -0.25) is 0 Å². The third-order valence-corrected chi connectivity index (χ3v) is 5.91. The molecule has 1 nitrogen and oxygen atoms in total. The molecule has 92 valence electrons. The summed E-state index contributed by atoms with van der Waals surface area (Å²) >= 11 is 0. The highest BCUT2D eigenvalue weighted by Gasteiger charge is 2.33. The number of rotatable bonds is 7. The molecule has 0 aliphatic rings. The van der Waals surface area contributed by atoms with Crippen LogP contribution in [-0.2, 0) is 4.43 Å². The van der Waals surface area contributed by atoms with Crippen molar-refractivity contribution in [1.29, 1.82) is 0 Å². The van der Waals surface area contributed by atoms with Crippen LogP contribution in [0.15, 0.2) is 0 Å². The van der Waals surface area contributed by atoms with E-state index in [1.807, 2.05) is 0 Å². The molecule has 0 rings (SSSR count). The Balaban J connectivity index is 3.58. The van der Waals surface area contributed by atoms with Gasteiger partial charge in [-0.25, -0.2) is 0 Å². The number of hydrogen-bond acceptors (Lipinski definition) is 1. The molecule has 0 aromatic heterocycles. The molecule has 0 amide bonds. The van der Waals surface area contributed by atoms with Crippen molar-refractivity contribution in [3.05, 3.63) is 0 Å². The molecule has 2 heteroatoms. The van der Waals surface area contributed by atoms with Crippen LogP contribution in [-0.4, -0.2) is 16.4 Å². The summed E-state index contributed by atoms with van der Waals surface area (Å²) in [6.45, 7) is 14.9. The van der Waals surface area contributed by atoms with E-state index in [-0.39, 0.29) is 0 Å². The van der Waals surface area contributed by atoms with Gasteiger partial charge in [0.1, 0.15) is 0 Å². The Hall–Kier alpha value is 0.177. The lowest BCUT2D eigenvalue weighted by atomic mass is 9.82. The maximum Gasteiger partial charge on any atom is 0.167 e. The highest BCUT2D eigenvalue weighted by Crippen LogP contribution is 2.43. The van der Waals surface area contributed by atoms with Gasteiger partial charge in [0, 0.05) is 6.61 Å². The van der Waals surface area contributed by atoms with Gasteiger partial charge < -0.3 is 4.43 Å². The van der Waals surface area contributed by atoms with Crippen LogP contribution in [0.25, 0.3) is 0 Å². The Labute approximate surface area is 98.9 Å². The van der Waals surface area contributed by atoms with Crippen molar-refractivity contribution in [2.45, 2.75) is 72.3 Å². The minimum absolute atomic E-state index is 0.378. The quantitative estimate of drug-likeness (QED) is 0.476. The first kappa shape index (κ1) is 15.2. The molecule has 0 radical (unpaired) electrons. The summed E-state index contributed by atoms with van der Waals surface area (Å²) in [4.78, 5) is 0. The first-order valence-electron chi connectivity index (χ1n) is 6.39. The highest BCUT2D eigenvalue weighted by atomic mass is 28.2. The normalized spacial score (nSPS) is 14.0. The molecule has 0 saturated carbocycles. The lowest BCUT2D eigenvalue weighted by Crippen LogP contribution is -2.30. The van der Waals surface area contributed by atoms with Crippen LogP contribution in [0, 0.1) is 5.41 Å². The van der Waals surface area contributed by atoms with Gasteiger partial charge in [-0.1, -0.05) is 60.8 Å². The van der Waals surface area contributed by atoms with Crippen molar-refractivity contribution in [3.63, 3.8) is 0 Å². The zero-order chi connectivity index (χ0) is 11.9. The van der Waals surface area contributed by atoms with Crippen LogP contribution in [0.2, 0.25) is 5.04 Å². The molecule has 0 fully saturated rings. The van der Waals surface area contributed by atoms with Gasteiger partial charge in [-0.15, -0.1) is 0 Å². The van der Waals surface area contributed by atoms with Crippen LogP contribution in [0.5, 0.6) is 0 Å². The Morgan fingerprint density at radius 1 is 0.933 bits per heavy atom. The smallest absolute Gasteiger partial charge is 0.167 e. The maximum atomic E-state index is 5.91. The summed E-state index contributed by atoms with van der Waals surface area (Å²) in [7, 11) is -0.399.